The third kappa shape index (κ3) is 1.37. The van der Waals surface area contributed by atoms with Crippen molar-refractivity contribution >= 4 is 10.9 Å². The maximum Gasteiger partial charge on any atom is 0.120 e. The zero-order valence-electron chi connectivity index (χ0n) is 8.82. The minimum Gasteiger partial charge on any atom is -0.497 e. The van der Waals surface area contributed by atoms with Crippen LogP contribution in [0.2, 0.25) is 0 Å². The first-order chi connectivity index (χ1) is 6.72. The van der Waals surface area contributed by atoms with Crippen LogP contribution < -0.4 is 4.74 Å². The van der Waals surface area contributed by atoms with Crippen molar-refractivity contribution in [1.82, 2.24) is 4.57 Å². The molecular formula is C12H15NO. The van der Waals surface area contributed by atoms with Crippen molar-refractivity contribution in [2.75, 3.05) is 7.11 Å². The Morgan fingerprint density at radius 1 is 1.21 bits per heavy atom. The second-order valence-corrected chi connectivity index (χ2v) is 3.74. The molecule has 0 saturated carbocycles. The minimum absolute atomic E-state index is 0.486. The average molecular weight is 189 g/mol. The highest BCUT2D eigenvalue weighted by molar-refractivity contribution is 5.81. The largest absolute Gasteiger partial charge is 0.497 e. The highest BCUT2D eigenvalue weighted by atomic mass is 16.5. The van der Waals surface area contributed by atoms with Crippen molar-refractivity contribution < 1.29 is 4.74 Å². The second-order valence-electron chi connectivity index (χ2n) is 3.74. The molecule has 0 fully saturated rings. The number of benzene rings is 1. The van der Waals surface area contributed by atoms with E-state index in [0.29, 0.717) is 6.04 Å². The lowest BCUT2D eigenvalue weighted by Crippen LogP contribution is -1.97. The van der Waals surface area contributed by atoms with Crippen LogP contribution in [0.5, 0.6) is 5.75 Å². The van der Waals surface area contributed by atoms with Gasteiger partial charge in [-0.2, -0.15) is 0 Å². The summed E-state index contributed by atoms with van der Waals surface area (Å²) in [5.74, 6) is 0.915. The van der Waals surface area contributed by atoms with Crippen LogP contribution >= 0.6 is 0 Å². The zero-order valence-corrected chi connectivity index (χ0v) is 8.82. The third-order valence-electron chi connectivity index (χ3n) is 2.49. The maximum absolute atomic E-state index is 5.21. The third-order valence-corrected chi connectivity index (χ3v) is 2.49. The van der Waals surface area contributed by atoms with E-state index >= 15 is 0 Å². The topological polar surface area (TPSA) is 14.2 Å². The number of aromatic nitrogens is 1. The van der Waals surface area contributed by atoms with Crippen molar-refractivity contribution in [1.29, 1.82) is 0 Å². The van der Waals surface area contributed by atoms with Gasteiger partial charge in [0.15, 0.2) is 0 Å². The molecule has 1 heterocycles. The Hall–Kier alpha value is -1.44. The van der Waals surface area contributed by atoms with Gasteiger partial charge in [-0.05, 0) is 37.4 Å². The molecule has 0 N–H and O–H groups in total. The SMILES string of the molecule is COc1ccc2ccn(C(C)C)c2c1. The fourth-order valence-corrected chi connectivity index (χ4v) is 1.71. The van der Waals surface area contributed by atoms with Crippen molar-refractivity contribution in [3.63, 3.8) is 0 Å². The van der Waals surface area contributed by atoms with E-state index in [1.165, 1.54) is 10.9 Å². The quantitative estimate of drug-likeness (QED) is 0.707. The summed E-state index contributed by atoms with van der Waals surface area (Å²) >= 11 is 0. The van der Waals surface area contributed by atoms with E-state index in [1.807, 2.05) is 6.07 Å². The Morgan fingerprint density at radius 3 is 2.64 bits per heavy atom. The van der Waals surface area contributed by atoms with Gasteiger partial charge >= 0.3 is 0 Å². The highest BCUT2D eigenvalue weighted by Crippen LogP contribution is 2.24. The molecule has 0 aliphatic heterocycles. The molecule has 2 aromatic rings. The molecule has 0 atom stereocenters. The van der Waals surface area contributed by atoms with Crippen molar-refractivity contribution in [3.8, 4) is 5.75 Å². The first-order valence-corrected chi connectivity index (χ1v) is 4.87. The van der Waals surface area contributed by atoms with Gasteiger partial charge < -0.3 is 9.30 Å². The molecule has 0 saturated heterocycles. The van der Waals surface area contributed by atoms with E-state index in [-0.39, 0.29) is 0 Å². The average Bonchev–Trinajstić information content (AvgIpc) is 2.59. The summed E-state index contributed by atoms with van der Waals surface area (Å²) in [5.41, 5.74) is 1.24. The van der Waals surface area contributed by atoms with Crippen LogP contribution in [0.1, 0.15) is 19.9 Å². The number of hydrogen-bond acceptors (Lipinski definition) is 1. The summed E-state index contributed by atoms with van der Waals surface area (Å²) in [5, 5.41) is 1.26. The summed E-state index contributed by atoms with van der Waals surface area (Å²) < 4.78 is 7.46. The van der Waals surface area contributed by atoms with Gasteiger partial charge in [0, 0.05) is 18.3 Å². The Labute approximate surface area is 84.1 Å². The summed E-state index contributed by atoms with van der Waals surface area (Å²) in [4.78, 5) is 0. The minimum atomic E-state index is 0.486. The fraction of sp³-hybridized carbons (Fsp3) is 0.333. The Kier molecular flexibility index (Phi) is 2.20. The Morgan fingerprint density at radius 2 is 2.00 bits per heavy atom. The van der Waals surface area contributed by atoms with Gasteiger partial charge in [0.2, 0.25) is 0 Å². The van der Waals surface area contributed by atoms with E-state index in [2.05, 4.69) is 42.8 Å². The van der Waals surface area contributed by atoms with Gasteiger partial charge in [-0.1, -0.05) is 0 Å². The molecule has 74 valence electrons. The van der Waals surface area contributed by atoms with E-state index in [1.54, 1.807) is 7.11 Å². The second kappa shape index (κ2) is 3.37. The maximum atomic E-state index is 5.21. The predicted molar refractivity (Wildman–Crippen MR) is 58.9 cm³/mol. The van der Waals surface area contributed by atoms with Gasteiger partial charge in [0.05, 0.1) is 12.6 Å². The van der Waals surface area contributed by atoms with E-state index in [4.69, 9.17) is 4.74 Å². The van der Waals surface area contributed by atoms with Crippen molar-refractivity contribution in [3.05, 3.63) is 30.5 Å². The van der Waals surface area contributed by atoms with Crippen molar-refractivity contribution in [2.45, 2.75) is 19.9 Å². The molecular weight excluding hydrogens is 174 g/mol. The van der Waals surface area contributed by atoms with Crippen LogP contribution in [-0.4, -0.2) is 11.7 Å². The summed E-state index contributed by atoms with van der Waals surface area (Å²) in [7, 11) is 1.70. The number of nitrogens with zero attached hydrogens (tertiary/aromatic N) is 1. The van der Waals surface area contributed by atoms with E-state index < -0.39 is 0 Å². The molecule has 1 aromatic carbocycles. The van der Waals surface area contributed by atoms with Crippen LogP contribution in [-0.2, 0) is 0 Å². The monoisotopic (exact) mass is 189 g/mol. The molecule has 2 heteroatoms. The molecule has 0 radical (unpaired) electrons. The molecule has 1 aromatic heterocycles. The number of rotatable bonds is 2. The van der Waals surface area contributed by atoms with Crippen LogP contribution in [0, 0.1) is 0 Å². The smallest absolute Gasteiger partial charge is 0.120 e. The molecule has 0 bridgehead atoms. The highest BCUT2D eigenvalue weighted by Gasteiger charge is 2.04. The molecule has 0 amide bonds. The van der Waals surface area contributed by atoms with Crippen LogP contribution in [0.4, 0.5) is 0 Å². The lowest BCUT2D eigenvalue weighted by Gasteiger charge is -2.09. The summed E-state index contributed by atoms with van der Waals surface area (Å²) in [6.07, 6.45) is 2.12. The number of methoxy groups -OCH3 is 1. The molecule has 2 rings (SSSR count). The molecule has 0 aliphatic rings. The lowest BCUT2D eigenvalue weighted by atomic mass is 10.2. The fourth-order valence-electron chi connectivity index (χ4n) is 1.71. The van der Waals surface area contributed by atoms with E-state index in [9.17, 15) is 0 Å². The Balaban J connectivity index is 2.63. The first kappa shape index (κ1) is 9.13. The molecule has 0 spiro atoms. The van der Waals surface area contributed by atoms with Crippen LogP contribution in [0.3, 0.4) is 0 Å². The van der Waals surface area contributed by atoms with Gasteiger partial charge in [0.25, 0.3) is 0 Å². The van der Waals surface area contributed by atoms with Gasteiger partial charge in [-0.25, -0.2) is 0 Å². The standard InChI is InChI=1S/C12H15NO/c1-9(2)13-7-6-10-4-5-11(14-3)8-12(10)13/h4-9H,1-3H3. The molecule has 0 unspecified atom stereocenters. The Bertz CT molecular complexity index is 443. The van der Waals surface area contributed by atoms with Crippen LogP contribution in [0.25, 0.3) is 10.9 Å². The zero-order chi connectivity index (χ0) is 10.1. The first-order valence-electron chi connectivity index (χ1n) is 4.87. The predicted octanol–water partition coefficient (Wildman–Crippen LogP) is 3.23. The molecule has 2 nitrogen and oxygen atoms in total. The van der Waals surface area contributed by atoms with Gasteiger partial charge in [-0.15, -0.1) is 0 Å². The summed E-state index contributed by atoms with van der Waals surface area (Å²) in [6, 6.07) is 8.78. The molecule has 14 heavy (non-hydrogen) atoms. The lowest BCUT2D eigenvalue weighted by molar-refractivity contribution is 0.415. The number of ether oxygens (including phenoxy) is 1. The van der Waals surface area contributed by atoms with Gasteiger partial charge in [-0.3, -0.25) is 0 Å². The van der Waals surface area contributed by atoms with E-state index in [0.717, 1.165) is 5.75 Å². The van der Waals surface area contributed by atoms with Gasteiger partial charge in [0.1, 0.15) is 5.75 Å². The van der Waals surface area contributed by atoms with Crippen LogP contribution in [0.15, 0.2) is 30.5 Å². The molecule has 0 aliphatic carbocycles. The number of fused-ring (bicyclic) bond motifs is 1. The number of hydrogen-bond donors (Lipinski definition) is 0. The summed E-state index contributed by atoms with van der Waals surface area (Å²) in [6.45, 7) is 4.36. The van der Waals surface area contributed by atoms with Crippen molar-refractivity contribution in [2.24, 2.45) is 0 Å². The normalized spacial score (nSPS) is 11.1.